The number of aliphatic hydroxyl groups excluding tert-OH is 1. The van der Waals surface area contributed by atoms with Crippen molar-refractivity contribution in [1.29, 1.82) is 0 Å². The number of aliphatic hydroxyl groups is 1. The first-order valence-corrected chi connectivity index (χ1v) is 5.20. The standard InChI is InChI=1S/C10H18FNO/c11-6-9(13)7-12-5-4-10(8-12)2-1-3-10/h9,13H,1-8H2. The van der Waals surface area contributed by atoms with E-state index in [0.29, 0.717) is 12.0 Å². The lowest BCUT2D eigenvalue weighted by atomic mass is 9.68. The normalized spacial score (nSPS) is 29.1. The Morgan fingerprint density at radius 3 is 2.62 bits per heavy atom. The van der Waals surface area contributed by atoms with Crippen molar-refractivity contribution in [2.75, 3.05) is 26.3 Å². The topological polar surface area (TPSA) is 23.5 Å². The van der Waals surface area contributed by atoms with E-state index in [1.807, 2.05) is 0 Å². The Labute approximate surface area is 78.7 Å². The lowest BCUT2D eigenvalue weighted by molar-refractivity contribution is 0.0821. The predicted molar refractivity (Wildman–Crippen MR) is 49.3 cm³/mol. The van der Waals surface area contributed by atoms with Gasteiger partial charge in [-0.15, -0.1) is 0 Å². The Kier molecular flexibility index (Phi) is 2.56. The van der Waals surface area contributed by atoms with Gasteiger partial charge in [0.2, 0.25) is 0 Å². The van der Waals surface area contributed by atoms with Crippen LogP contribution in [0.15, 0.2) is 0 Å². The largest absolute Gasteiger partial charge is 0.389 e. The summed E-state index contributed by atoms with van der Waals surface area (Å²) in [7, 11) is 0. The molecule has 0 amide bonds. The highest BCUT2D eigenvalue weighted by atomic mass is 19.1. The molecule has 1 spiro atoms. The van der Waals surface area contributed by atoms with Crippen LogP contribution in [0.4, 0.5) is 4.39 Å². The molecule has 1 heterocycles. The summed E-state index contributed by atoms with van der Waals surface area (Å²) in [6, 6.07) is 0. The van der Waals surface area contributed by atoms with Crippen molar-refractivity contribution in [3.8, 4) is 0 Å². The fourth-order valence-corrected chi connectivity index (χ4v) is 2.62. The van der Waals surface area contributed by atoms with Crippen molar-refractivity contribution in [3.63, 3.8) is 0 Å². The highest BCUT2D eigenvalue weighted by Gasteiger charge is 2.42. The second kappa shape index (κ2) is 3.54. The Morgan fingerprint density at radius 2 is 2.15 bits per heavy atom. The third-order valence-electron chi connectivity index (χ3n) is 3.58. The second-order valence-corrected chi connectivity index (χ2v) is 4.65. The maximum atomic E-state index is 12.1. The quantitative estimate of drug-likeness (QED) is 0.717. The number of halogens is 1. The number of likely N-dealkylation sites (tertiary alicyclic amines) is 1. The number of β-amino-alcohol motifs (C(OH)–C–C–N with tert-alkyl or cyclic N) is 1. The first-order chi connectivity index (χ1) is 6.24. The van der Waals surface area contributed by atoms with Gasteiger partial charge in [0.25, 0.3) is 0 Å². The minimum absolute atomic E-state index is 0.526. The molecular formula is C10H18FNO. The lowest BCUT2D eigenvalue weighted by Gasteiger charge is -2.38. The summed E-state index contributed by atoms with van der Waals surface area (Å²) in [5.41, 5.74) is 0.566. The van der Waals surface area contributed by atoms with Crippen molar-refractivity contribution in [2.45, 2.75) is 31.8 Å². The van der Waals surface area contributed by atoms with Crippen LogP contribution in [0.2, 0.25) is 0 Å². The van der Waals surface area contributed by atoms with Crippen LogP contribution < -0.4 is 0 Å². The van der Waals surface area contributed by atoms with E-state index >= 15 is 0 Å². The van der Waals surface area contributed by atoms with Crippen LogP contribution >= 0.6 is 0 Å². The molecule has 1 saturated heterocycles. The molecule has 1 aliphatic heterocycles. The Bertz CT molecular complexity index is 182. The number of alkyl halides is 1. The third-order valence-corrected chi connectivity index (χ3v) is 3.58. The van der Waals surface area contributed by atoms with E-state index in [9.17, 15) is 4.39 Å². The van der Waals surface area contributed by atoms with E-state index in [1.54, 1.807) is 0 Å². The molecule has 2 nitrogen and oxygen atoms in total. The van der Waals surface area contributed by atoms with Crippen LogP contribution in [0.3, 0.4) is 0 Å². The molecule has 1 unspecified atom stereocenters. The van der Waals surface area contributed by atoms with E-state index in [0.717, 1.165) is 13.1 Å². The van der Waals surface area contributed by atoms with Gasteiger partial charge in [0.05, 0.1) is 6.10 Å². The van der Waals surface area contributed by atoms with Gasteiger partial charge in [-0.05, 0) is 31.2 Å². The number of nitrogens with zero attached hydrogens (tertiary/aromatic N) is 1. The predicted octanol–water partition coefficient (Wildman–Crippen LogP) is 1.19. The van der Waals surface area contributed by atoms with Crippen LogP contribution in [0.1, 0.15) is 25.7 Å². The van der Waals surface area contributed by atoms with Gasteiger partial charge in [0.1, 0.15) is 6.67 Å². The van der Waals surface area contributed by atoms with Crippen molar-refractivity contribution in [1.82, 2.24) is 4.90 Å². The van der Waals surface area contributed by atoms with E-state index in [-0.39, 0.29) is 0 Å². The van der Waals surface area contributed by atoms with Gasteiger partial charge < -0.3 is 10.0 Å². The first kappa shape index (κ1) is 9.41. The highest BCUT2D eigenvalue weighted by Crippen LogP contribution is 2.47. The summed E-state index contributed by atoms with van der Waals surface area (Å²) in [4.78, 5) is 2.21. The van der Waals surface area contributed by atoms with Crippen molar-refractivity contribution >= 4 is 0 Å². The zero-order chi connectivity index (χ0) is 9.31. The van der Waals surface area contributed by atoms with Gasteiger partial charge in [0, 0.05) is 13.1 Å². The minimum Gasteiger partial charge on any atom is -0.389 e. The molecule has 1 aliphatic carbocycles. The molecule has 1 atom stereocenters. The van der Waals surface area contributed by atoms with Crippen LogP contribution in [0.25, 0.3) is 0 Å². The van der Waals surface area contributed by atoms with Crippen LogP contribution in [-0.2, 0) is 0 Å². The average molecular weight is 187 g/mol. The molecule has 1 saturated carbocycles. The molecule has 2 rings (SSSR count). The summed E-state index contributed by atoms with van der Waals surface area (Å²) < 4.78 is 12.1. The Balaban J connectivity index is 1.78. The highest BCUT2D eigenvalue weighted by molar-refractivity contribution is 4.95. The number of hydrogen-bond acceptors (Lipinski definition) is 2. The summed E-state index contributed by atoms with van der Waals surface area (Å²) in [6.07, 6.45) is 4.53. The van der Waals surface area contributed by atoms with Crippen LogP contribution in [-0.4, -0.2) is 42.4 Å². The molecule has 2 fully saturated rings. The third kappa shape index (κ3) is 1.86. The lowest BCUT2D eigenvalue weighted by Crippen LogP contribution is -2.36. The first-order valence-electron chi connectivity index (χ1n) is 5.20. The summed E-state index contributed by atoms with van der Waals surface area (Å²) in [5.74, 6) is 0. The van der Waals surface area contributed by atoms with Crippen molar-refractivity contribution < 1.29 is 9.50 Å². The number of hydrogen-bond donors (Lipinski definition) is 1. The van der Waals surface area contributed by atoms with Gasteiger partial charge in [-0.25, -0.2) is 4.39 Å². The molecule has 0 aromatic heterocycles. The molecule has 0 bridgehead atoms. The van der Waals surface area contributed by atoms with Crippen molar-refractivity contribution in [2.24, 2.45) is 5.41 Å². The molecular weight excluding hydrogens is 169 g/mol. The molecule has 3 heteroatoms. The fraction of sp³-hybridized carbons (Fsp3) is 1.00. The molecule has 1 N–H and O–H groups in total. The average Bonchev–Trinajstić information content (AvgIpc) is 2.48. The summed E-state index contributed by atoms with van der Waals surface area (Å²) in [6.45, 7) is 2.06. The SMILES string of the molecule is OC(CF)CN1CCC2(CCC2)C1. The van der Waals surface area contributed by atoms with Gasteiger partial charge in [-0.2, -0.15) is 0 Å². The van der Waals surface area contributed by atoms with E-state index in [2.05, 4.69) is 4.90 Å². The van der Waals surface area contributed by atoms with E-state index in [1.165, 1.54) is 25.7 Å². The molecule has 0 aromatic carbocycles. The summed E-state index contributed by atoms with van der Waals surface area (Å²) >= 11 is 0. The monoisotopic (exact) mass is 187 g/mol. The van der Waals surface area contributed by atoms with Gasteiger partial charge in [0.15, 0.2) is 0 Å². The van der Waals surface area contributed by atoms with E-state index in [4.69, 9.17) is 5.11 Å². The smallest absolute Gasteiger partial charge is 0.117 e. The molecule has 13 heavy (non-hydrogen) atoms. The van der Waals surface area contributed by atoms with Gasteiger partial charge >= 0.3 is 0 Å². The summed E-state index contributed by atoms with van der Waals surface area (Å²) in [5, 5.41) is 9.16. The van der Waals surface area contributed by atoms with Crippen LogP contribution in [0.5, 0.6) is 0 Å². The number of rotatable bonds is 3. The Hall–Kier alpha value is -0.150. The van der Waals surface area contributed by atoms with Crippen LogP contribution in [0, 0.1) is 5.41 Å². The molecule has 76 valence electrons. The fourth-order valence-electron chi connectivity index (χ4n) is 2.62. The maximum Gasteiger partial charge on any atom is 0.117 e. The van der Waals surface area contributed by atoms with Crippen molar-refractivity contribution in [3.05, 3.63) is 0 Å². The van der Waals surface area contributed by atoms with Gasteiger partial charge in [-0.3, -0.25) is 0 Å². The van der Waals surface area contributed by atoms with Gasteiger partial charge in [-0.1, -0.05) is 6.42 Å². The minimum atomic E-state index is -0.768. The second-order valence-electron chi connectivity index (χ2n) is 4.65. The maximum absolute atomic E-state index is 12.1. The molecule has 2 aliphatic rings. The molecule has 0 radical (unpaired) electrons. The molecule has 0 aromatic rings. The zero-order valence-electron chi connectivity index (χ0n) is 8.01. The van der Waals surface area contributed by atoms with E-state index < -0.39 is 12.8 Å². The Morgan fingerprint density at radius 1 is 1.38 bits per heavy atom. The zero-order valence-corrected chi connectivity index (χ0v) is 8.01.